The van der Waals surface area contributed by atoms with Crippen molar-refractivity contribution in [2.75, 3.05) is 27.9 Å². The summed E-state index contributed by atoms with van der Waals surface area (Å²) in [6.45, 7) is 2.69. The third-order valence-electron chi connectivity index (χ3n) is 2.85. The molecule has 1 aromatic carbocycles. The summed E-state index contributed by atoms with van der Waals surface area (Å²) in [4.78, 5) is 0. The summed E-state index contributed by atoms with van der Waals surface area (Å²) in [6, 6.07) is 8.77. The molecule has 0 bridgehead atoms. The number of rotatable bonds is 8. The molecule has 102 valence electrons. The summed E-state index contributed by atoms with van der Waals surface area (Å²) < 4.78 is 21.7. The first kappa shape index (κ1) is 15.2. The van der Waals surface area contributed by atoms with Crippen LogP contribution in [0.5, 0.6) is 5.75 Å². The van der Waals surface area contributed by atoms with E-state index in [9.17, 15) is 0 Å². The van der Waals surface area contributed by atoms with E-state index in [-0.39, 0.29) is 0 Å². The Hall–Kier alpha value is -0.883. The molecule has 0 N–H and O–H groups in total. The lowest BCUT2D eigenvalue weighted by Crippen LogP contribution is -2.42. The van der Waals surface area contributed by atoms with Crippen LogP contribution >= 0.6 is 0 Å². The van der Waals surface area contributed by atoms with Gasteiger partial charge >= 0.3 is 8.80 Å². The van der Waals surface area contributed by atoms with E-state index < -0.39 is 8.80 Å². The highest BCUT2D eigenvalue weighted by Crippen LogP contribution is 2.16. The van der Waals surface area contributed by atoms with Gasteiger partial charge in [-0.15, -0.1) is 0 Å². The molecule has 0 atom stereocenters. The smallest absolute Gasteiger partial charge is 0.494 e. The van der Waals surface area contributed by atoms with E-state index in [1.807, 2.05) is 24.3 Å². The first-order valence-corrected chi connectivity index (χ1v) is 7.94. The maximum Gasteiger partial charge on any atom is 0.500 e. The van der Waals surface area contributed by atoms with Crippen LogP contribution in [0.2, 0.25) is 6.04 Å². The van der Waals surface area contributed by atoms with Crippen LogP contribution < -0.4 is 4.74 Å². The molecule has 18 heavy (non-hydrogen) atoms. The van der Waals surface area contributed by atoms with Gasteiger partial charge in [0.1, 0.15) is 5.75 Å². The van der Waals surface area contributed by atoms with Crippen molar-refractivity contribution < 1.29 is 18.0 Å². The summed E-state index contributed by atoms with van der Waals surface area (Å²) in [5, 5.41) is 0. The van der Waals surface area contributed by atoms with Gasteiger partial charge in [0.05, 0.1) is 6.61 Å². The fourth-order valence-electron chi connectivity index (χ4n) is 1.67. The Morgan fingerprint density at radius 3 is 2.00 bits per heavy atom. The normalized spacial score (nSPS) is 11.6. The summed E-state index contributed by atoms with van der Waals surface area (Å²) in [5.74, 6) is 0.889. The minimum Gasteiger partial charge on any atom is -0.494 e. The van der Waals surface area contributed by atoms with Gasteiger partial charge in [0.15, 0.2) is 0 Å². The van der Waals surface area contributed by atoms with Gasteiger partial charge in [-0.2, -0.15) is 0 Å². The molecule has 0 amide bonds. The third kappa shape index (κ3) is 4.42. The molecule has 0 unspecified atom stereocenters. The number of aryl methyl sites for hydroxylation is 1. The Labute approximate surface area is 110 Å². The highest BCUT2D eigenvalue weighted by atomic mass is 28.4. The van der Waals surface area contributed by atoms with Gasteiger partial charge in [-0.3, -0.25) is 0 Å². The zero-order valence-corrected chi connectivity index (χ0v) is 12.6. The number of benzene rings is 1. The Morgan fingerprint density at radius 2 is 1.50 bits per heavy atom. The molecule has 0 aliphatic carbocycles. The van der Waals surface area contributed by atoms with Crippen molar-refractivity contribution in [3.8, 4) is 5.75 Å². The van der Waals surface area contributed by atoms with E-state index >= 15 is 0 Å². The fourth-order valence-corrected chi connectivity index (χ4v) is 3.36. The third-order valence-corrected chi connectivity index (χ3v) is 5.68. The molecule has 0 radical (unpaired) electrons. The molecule has 4 nitrogen and oxygen atoms in total. The van der Waals surface area contributed by atoms with Crippen molar-refractivity contribution >= 4 is 8.80 Å². The summed E-state index contributed by atoms with van der Waals surface area (Å²) >= 11 is 0. The van der Waals surface area contributed by atoms with E-state index in [0.29, 0.717) is 6.61 Å². The molecule has 0 heterocycles. The van der Waals surface area contributed by atoms with Crippen molar-refractivity contribution in [3.63, 3.8) is 0 Å². The Bertz CT molecular complexity index is 327. The van der Waals surface area contributed by atoms with Crippen molar-refractivity contribution in [2.45, 2.75) is 19.4 Å². The predicted octanol–water partition coefficient (Wildman–Crippen LogP) is 2.64. The molecule has 0 saturated heterocycles. The van der Waals surface area contributed by atoms with Crippen LogP contribution in [-0.4, -0.2) is 36.7 Å². The molecule has 1 rings (SSSR count). The van der Waals surface area contributed by atoms with Gasteiger partial charge in [0.2, 0.25) is 0 Å². The fraction of sp³-hybridized carbons (Fsp3) is 0.538. The minimum absolute atomic E-state index is 0.633. The molecule has 1 aromatic rings. The van der Waals surface area contributed by atoms with Crippen LogP contribution in [0.1, 0.15) is 12.0 Å². The van der Waals surface area contributed by atoms with Crippen molar-refractivity contribution in [2.24, 2.45) is 0 Å². The van der Waals surface area contributed by atoms with Gasteiger partial charge in [-0.25, -0.2) is 0 Å². The molecule has 5 heteroatoms. The number of hydrogen-bond acceptors (Lipinski definition) is 4. The minimum atomic E-state index is -2.44. The molecule has 0 aliphatic rings. The lowest BCUT2D eigenvalue weighted by Gasteiger charge is -2.24. The quantitative estimate of drug-likeness (QED) is 0.537. The molecule has 0 aliphatic heterocycles. The summed E-state index contributed by atoms with van der Waals surface area (Å²) in [6.07, 6.45) is 0.843. The zero-order chi connectivity index (χ0) is 13.4. The zero-order valence-electron chi connectivity index (χ0n) is 11.6. The van der Waals surface area contributed by atoms with Crippen LogP contribution in [0.4, 0.5) is 0 Å². The van der Waals surface area contributed by atoms with Crippen LogP contribution in [0.25, 0.3) is 0 Å². The molecule has 0 saturated carbocycles. The number of hydrogen-bond donors (Lipinski definition) is 0. The molecule has 0 fully saturated rings. The second-order valence-electron chi connectivity index (χ2n) is 4.06. The Kier molecular flexibility index (Phi) is 6.35. The molecular formula is C13H22O4Si. The number of ether oxygens (including phenoxy) is 1. The predicted molar refractivity (Wildman–Crippen MR) is 72.9 cm³/mol. The van der Waals surface area contributed by atoms with Gasteiger partial charge in [-0.05, 0) is 25.5 Å². The summed E-state index contributed by atoms with van der Waals surface area (Å²) in [7, 11) is 2.43. The van der Waals surface area contributed by atoms with E-state index in [1.165, 1.54) is 5.56 Å². The standard InChI is InChI=1S/C13H22O4Si/c1-12-6-8-13(9-7-12)17-10-5-11-18(14-2,15-3)16-4/h6-9H,5,10-11H2,1-4H3. The van der Waals surface area contributed by atoms with Crippen molar-refractivity contribution in [1.82, 2.24) is 0 Å². The van der Waals surface area contributed by atoms with E-state index in [0.717, 1.165) is 18.2 Å². The first-order valence-electron chi connectivity index (χ1n) is 6.00. The lowest BCUT2D eigenvalue weighted by atomic mass is 10.2. The van der Waals surface area contributed by atoms with E-state index in [4.69, 9.17) is 18.0 Å². The molecule has 0 spiro atoms. The van der Waals surface area contributed by atoms with Crippen molar-refractivity contribution in [1.29, 1.82) is 0 Å². The van der Waals surface area contributed by atoms with Crippen LogP contribution in [-0.2, 0) is 13.3 Å². The van der Waals surface area contributed by atoms with E-state index in [2.05, 4.69) is 6.92 Å². The SMILES string of the molecule is CO[Si](CCCOc1ccc(C)cc1)(OC)OC. The lowest BCUT2D eigenvalue weighted by molar-refractivity contribution is 0.121. The largest absolute Gasteiger partial charge is 0.500 e. The van der Waals surface area contributed by atoms with Crippen LogP contribution in [0.15, 0.2) is 24.3 Å². The van der Waals surface area contributed by atoms with Crippen molar-refractivity contribution in [3.05, 3.63) is 29.8 Å². The maximum atomic E-state index is 5.65. The average molecular weight is 270 g/mol. The van der Waals surface area contributed by atoms with E-state index in [1.54, 1.807) is 21.3 Å². The maximum absolute atomic E-state index is 5.65. The molecular weight excluding hydrogens is 248 g/mol. The Balaban J connectivity index is 2.31. The second-order valence-corrected chi connectivity index (χ2v) is 7.15. The van der Waals surface area contributed by atoms with Crippen LogP contribution in [0, 0.1) is 6.92 Å². The first-order chi connectivity index (χ1) is 8.65. The van der Waals surface area contributed by atoms with Gasteiger partial charge in [0, 0.05) is 27.4 Å². The monoisotopic (exact) mass is 270 g/mol. The highest BCUT2D eigenvalue weighted by Gasteiger charge is 2.36. The topological polar surface area (TPSA) is 36.9 Å². The summed E-state index contributed by atoms with van der Waals surface area (Å²) in [5.41, 5.74) is 1.23. The Morgan fingerprint density at radius 1 is 0.944 bits per heavy atom. The average Bonchev–Trinajstić information content (AvgIpc) is 2.42. The van der Waals surface area contributed by atoms with Gasteiger partial charge in [-0.1, -0.05) is 17.7 Å². The van der Waals surface area contributed by atoms with Gasteiger partial charge in [0.25, 0.3) is 0 Å². The van der Waals surface area contributed by atoms with Gasteiger partial charge < -0.3 is 18.0 Å². The van der Waals surface area contributed by atoms with Crippen LogP contribution in [0.3, 0.4) is 0 Å². The highest BCUT2D eigenvalue weighted by molar-refractivity contribution is 6.60. The molecule has 0 aromatic heterocycles. The second kappa shape index (κ2) is 7.53.